The molecule has 0 fully saturated rings. The van der Waals surface area contributed by atoms with Crippen LogP contribution in [-0.4, -0.2) is 33.2 Å². The van der Waals surface area contributed by atoms with E-state index >= 15 is 0 Å². The molecule has 0 aliphatic rings. The number of methoxy groups -OCH3 is 3. The first-order valence-corrected chi connectivity index (χ1v) is 8.41. The van der Waals surface area contributed by atoms with Gasteiger partial charge in [0.25, 0.3) is 5.91 Å². The minimum absolute atomic E-state index is 0. The summed E-state index contributed by atoms with van der Waals surface area (Å²) in [5.41, 5.74) is 7.68. The van der Waals surface area contributed by atoms with Crippen LogP contribution < -0.4 is 20.5 Å². The molecule has 0 saturated heterocycles. The van der Waals surface area contributed by atoms with E-state index in [1.807, 2.05) is 0 Å². The van der Waals surface area contributed by atoms with Crippen LogP contribution in [0.3, 0.4) is 0 Å². The van der Waals surface area contributed by atoms with Crippen LogP contribution in [-0.2, 0) is 16.1 Å². The van der Waals surface area contributed by atoms with E-state index in [9.17, 15) is 9.59 Å². The summed E-state index contributed by atoms with van der Waals surface area (Å²) in [5.74, 6) is 0.323. The van der Waals surface area contributed by atoms with Crippen molar-refractivity contribution < 1.29 is 23.8 Å². The lowest BCUT2D eigenvalue weighted by atomic mass is 10.0. The molecule has 3 N–H and O–H groups in total. The van der Waals surface area contributed by atoms with Gasteiger partial charge in [-0.1, -0.05) is 18.2 Å². The SMILES string of the molecule is COC(=O)CC(NC(=O)c1ccc(CN)cc1)c1ccc(OC)c(OC)c1.Cl. The molecule has 1 unspecified atom stereocenters. The maximum absolute atomic E-state index is 12.6. The van der Waals surface area contributed by atoms with Crippen molar-refractivity contribution in [2.75, 3.05) is 21.3 Å². The first kappa shape index (κ1) is 23.3. The first-order chi connectivity index (χ1) is 13.0. The Kier molecular flexibility index (Phi) is 9.27. The number of nitrogens with one attached hydrogen (secondary N) is 1. The quantitative estimate of drug-likeness (QED) is 0.651. The van der Waals surface area contributed by atoms with Crippen molar-refractivity contribution in [2.24, 2.45) is 5.73 Å². The normalized spacial score (nSPS) is 11.0. The van der Waals surface area contributed by atoms with Gasteiger partial charge in [0.1, 0.15) is 0 Å². The maximum Gasteiger partial charge on any atom is 0.307 e. The van der Waals surface area contributed by atoms with E-state index in [0.29, 0.717) is 29.2 Å². The zero-order valence-corrected chi connectivity index (χ0v) is 16.9. The fraction of sp³-hybridized carbons (Fsp3) is 0.300. The predicted octanol–water partition coefficient (Wildman–Crippen LogP) is 2.62. The van der Waals surface area contributed by atoms with Gasteiger partial charge < -0.3 is 25.3 Å². The molecule has 2 aromatic carbocycles. The predicted molar refractivity (Wildman–Crippen MR) is 108 cm³/mol. The van der Waals surface area contributed by atoms with Gasteiger partial charge in [-0.15, -0.1) is 12.4 Å². The Morgan fingerprint density at radius 3 is 2.18 bits per heavy atom. The number of esters is 1. The largest absolute Gasteiger partial charge is 0.493 e. The van der Waals surface area contributed by atoms with Gasteiger partial charge in [-0.3, -0.25) is 9.59 Å². The van der Waals surface area contributed by atoms with Gasteiger partial charge in [0.2, 0.25) is 0 Å². The van der Waals surface area contributed by atoms with Gasteiger partial charge in [0.05, 0.1) is 33.8 Å². The van der Waals surface area contributed by atoms with E-state index in [0.717, 1.165) is 5.56 Å². The Morgan fingerprint density at radius 1 is 1.00 bits per heavy atom. The van der Waals surface area contributed by atoms with Crippen molar-refractivity contribution in [1.82, 2.24) is 5.32 Å². The van der Waals surface area contributed by atoms with Gasteiger partial charge >= 0.3 is 5.97 Å². The lowest BCUT2D eigenvalue weighted by molar-refractivity contribution is -0.141. The van der Waals surface area contributed by atoms with Crippen LogP contribution in [0.2, 0.25) is 0 Å². The highest BCUT2D eigenvalue weighted by Crippen LogP contribution is 2.31. The molecule has 0 heterocycles. The molecule has 0 bridgehead atoms. The van der Waals surface area contributed by atoms with Crippen molar-refractivity contribution >= 4 is 24.3 Å². The summed E-state index contributed by atoms with van der Waals surface area (Å²) >= 11 is 0. The van der Waals surface area contributed by atoms with Gasteiger partial charge in [0, 0.05) is 12.1 Å². The second-order valence-electron chi connectivity index (χ2n) is 5.82. The third-order valence-electron chi connectivity index (χ3n) is 4.17. The number of carbonyl (C=O) groups excluding carboxylic acids is 2. The first-order valence-electron chi connectivity index (χ1n) is 8.41. The molecule has 0 spiro atoms. The number of amides is 1. The van der Waals surface area contributed by atoms with E-state index in [2.05, 4.69) is 5.32 Å². The zero-order valence-electron chi connectivity index (χ0n) is 16.1. The summed E-state index contributed by atoms with van der Waals surface area (Å²) < 4.78 is 15.3. The number of carbonyl (C=O) groups is 2. The average Bonchev–Trinajstić information content (AvgIpc) is 2.72. The molecule has 2 rings (SSSR count). The summed E-state index contributed by atoms with van der Waals surface area (Å²) in [7, 11) is 4.37. The molecule has 1 amide bonds. The molecule has 1 atom stereocenters. The highest BCUT2D eigenvalue weighted by Gasteiger charge is 2.21. The molecule has 7 nitrogen and oxygen atoms in total. The van der Waals surface area contributed by atoms with E-state index in [4.69, 9.17) is 19.9 Å². The van der Waals surface area contributed by atoms with E-state index in [1.54, 1.807) is 42.5 Å². The summed E-state index contributed by atoms with van der Waals surface area (Å²) in [5, 5.41) is 2.87. The molecule has 8 heteroatoms. The highest BCUT2D eigenvalue weighted by atomic mass is 35.5. The van der Waals surface area contributed by atoms with E-state index in [-0.39, 0.29) is 24.7 Å². The zero-order chi connectivity index (χ0) is 19.8. The van der Waals surface area contributed by atoms with Gasteiger partial charge in [-0.25, -0.2) is 0 Å². The Balaban J connectivity index is 0.00000392. The van der Waals surface area contributed by atoms with Crippen LogP contribution in [0, 0.1) is 0 Å². The number of rotatable bonds is 8. The fourth-order valence-electron chi connectivity index (χ4n) is 2.61. The van der Waals surface area contributed by atoms with Gasteiger partial charge in [-0.05, 0) is 35.4 Å². The smallest absolute Gasteiger partial charge is 0.307 e. The molecular weight excluding hydrogens is 384 g/mol. The summed E-state index contributed by atoms with van der Waals surface area (Å²) in [6, 6.07) is 11.6. The van der Waals surface area contributed by atoms with E-state index in [1.165, 1.54) is 21.3 Å². The number of hydrogen-bond donors (Lipinski definition) is 2. The number of nitrogens with two attached hydrogens (primary N) is 1. The molecular formula is C20H25ClN2O5. The summed E-state index contributed by atoms with van der Waals surface area (Å²) in [6.45, 7) is 0.401. The molecule has 0 saturated carbocycles. The molecule has 0 aliphatic carbocycles. The third kappa shape index (κ3) is 5.87. The van der Waals surface area contributed by atoms with E-state index < -0.39 is 12.0 Å². The van der Waals surface area contributed by atoms with Crippen LogP contribution in [0.4, 0.5) is 0 Å². The minimum atomic E-state index is -0.584. The summed E-state index contributed by atoms with van der Waals surface area (Å²) in [6.07, 6.45) is -0.0153. The number of benzene rings is 2. The van der Waals surface area contributed by atoms with Crippen molar-refractivity contribution in [3.63, 3.8) is 0 Å². The number of hydrogen-bond acceptors (Lipinski definition) is 6. The lowest BCUT2D eigenvalue weighted by Gasteiger charge is -2.20. The Labute approximate surface area is 170 Å². The third-order valence-corrected chi connectivity index (χ3v) is 4.17. The Bertz CT molecular complexity index is 796. The molecule has 152 valence electrons. The van der Waals surface area contributed by atoms with Gasteiger partial charge in [-0.2, -0.15) is 0 Å². The maximum atomic E-state index is 12.6. The Hall–Kier alpha value is -2.77. The monoisotopic (exact) mass is 408 g/mol. The summed E-state index contributed by atoms with van der Waals surface area (Å²) in [4.78, 5) is 24.5. The van der Waals surface area contributed by atoms with Crippen molar-refractivity contribution in [1.29, 1.82) is 0 Å². The van der Waals surface area contributed by atoms with Crippen LogP contribution in [0.25, 0.3) is 0 Å². The molecule has 2 aromatic rings. The standard InChI is InChI=1S/C20H24N2O5.ClH/c1-25-17-9-8-15(10-18(17)26-2)16(11-19(23)27-3)22-20(24)14-6-4-13(12-21)5-7-14;/h4-10,16H,11-12,21H2,1-3H3,(H,22,24);1H. The van der Waals surface area contributed by atoms with Crippen molar-refractivity contribution in [3.8, 4) is 11.5 Å². The molecule has 0 aliphatic heterocycles. The van der Waals surface area contributed by atoms with Gasteiger partial charge in [0.15, 0.2) is 11.5 Å². The molecule has 0 radical (unpaired) electrons. The number of ether oxygens (including phenoxy) is 3. The Morgan fingerprint density at radius 2 is 1.64 bits per heavy atom. The van der Waals surface area contributed by atoms with Crippen LogP contribution in [0.5, 0.6) is 11.5 Å². The fourth-order valence-corrected chi connectivity index (χ4v) is 2.61. The topological polar surface area (TPSA) is 99.9 Å². The second-order valence-corrected chi connectivity index (χ2v) is 5.82. The average molecular weight is 409 g/mol. The van der Waals surface area contributed by atoms with Crippen LogP contribution in [0.1, 0.15) is 33.9 Å². The molecule has 0 aromatic heterocycles. The van der Waals surface area contributed by atoms with Crippen molar-refractivity contribution in [2.45, 2.75) is 19.0 Å². The lowest BCUT2D eigenvalue weighted by Crippen LogP contribution is -2.30. The molecule has 28 heavy (non-hydrogen) atoms. The second kappa shape index (κ2) is 11.2. The van der Waals surface area contributed by atoms with Crippen LogP contribution in [0.15, 0.2) is 42.5 Å². The highest BCUT2D eigenvalue weighted by molar-refractivity contribution is 5.94. The number of halogens is 1. The minimum Gasteiger partial charge on any atom is -0.493 e. The van der Waals surface area contributed by atoms with Crippen LogP contribution >= 0.6 is 12.4 Å². The van der Waals surface area contributed by atoms with Crippen molar-refractivity contribution in [3.05, 3.63) is 59.2 Å².